The summed E-state index contributed by atoms with van der Waals surface area (Å²) in [5.74, 6) is -0.0226. The Morgan fingerprint density at radius 3 is 2.20 bits per heavy atom. The molecule has 41 heavy (non-hydrogen) atoms. The van der Waals surface area contributed by atoms with Gasteiger partial charge in [-0.2, -0.15) is 0 Å². The molecule has 8 heteroatoms. The molecule has 1 aliphatic rings. The molecule has 1 aromatic carbocycles. The van der Waals surface area contributed by atoms with Crippen LogP contribution in [-0.4, -0.2) is 70.6 Å². The second-order valence-corrected chi connectivity index (χ2v) is 10.3. The van der Waals surface area contributed by atoms with Crippen molar-refractivity contribution in [2.75, 3.05) is 46.8 Å². The lowest BCUT2D eigenvalue weighted by Gasteiger charge is -2.25. The molecule has 0 radical (unpaired) electrons. The number of methoxy groups -OCH3 is 1. The van der Waals surface area contributed by atoms with Gasteiger partial charge in [0, 0.05) is 28.3 Å². The predicted octanol–water partition coefficient (Wildman–Crippen LogP) is 5.25. The average molecular weight is 575 g/mol. The molecule has 0 aliphatic heterocycles. The number of amides is 2. The first-order valence-electron chi connectivity index (χ1n) is 14.1. The van der Waals surface area contributed by atoms with E-state index in [2.05, 4.69) is 49.1 Å². The lowest BCUT2D eigenvalue weighted by Crippen LogP contribution is -2.45. The Hall–Kier alpha value is -3.12. The predicted molar refractivity (Wildman–Crippen MR) is 167 cm³/mol. The topological polar surface area (TPSA) is 95.1 Å². The maximum absolute atomic E-state index is 13.7. The van der Waals surface area contributed by atoms with Crippen LogP contribution in [0, 0.1) is 11.8 Å². The van der Waals surface area contributed by atoms with Gasteiger partial charge in [0.25, 0.3) is 5.91 Å². The van der Waals surface area contributed by atoms with Gasteiger partial charge in [0.2, 0.25) is 5.91 Å². The zero-order chi connectivity index (χ0) is 29.2. The van der Waals surface area contributed by atoms with Gasteiger partial charge in [-0.3, -0.25) is 9.59 Å². The van der Waals surface area contributed by atoms with Gasteiger partial charge in [0.15, 0.2) is 0 Å². The Kier molecular flexibility index (Phi) is 18.1. The lowest BCUT2D eigenvalue weighted by atomic mass is 9.91. The quantitative estimate of drug-likeness (QED) is 0.0902. The van der Waals surface area contributed by atoms with Crippen LogP contribution in [0.2, 0.25) is 0 Å². The molecule has 0 spiro atoms. The molecule has 2 amide bonds. The molecule has 1 saturated carbocycles. The fourth-order valence-electron chi connectivity index (χ4n) is 4.16. The number of carbonyl (C=O) groups is 2. The fraction of sp³-hybridized carbons (Fsp3) is 0.576. The van der Waals surface area contributed by atoms with E-state index < -0.39 is 12.0 Å². The minimum Gasteiger partial charge on any atom is -0.487 e. The second kappa shape index (κ2) is 20.7. The van der Waals surface area contributed by atoms with Crippen LogP contribution in [0.1, 0.15) is 55.4 Å². The number of hydrogen-bond donors (Lipinski definition) is 2. The second-order valence-electron chi connectivity index (χ2n) is 10.3. The summed E-state index contributed by atoms with van der Waals surface area (Å²) in [5, 5.41) is 6.13. The van der Waals surface area contributed by atoms with Crippen molar-refractivity contribution in [3.63, 3.8) is 0 Å². The Bertz CT molecular complexity index is 1020. The zero-order valence-corrected chi connectivity index (χ0v) is 24.3. The molecular weight excluding hydrogens is 520 g/mol. The molecule has 2 rings (SSSR count). The number of rotatable bonds is 21. The minimum absolute atomic E-state index is 0. The highest BCUT2D eigenvalue weighted by Gasteiger charge is 2.31. The summed E-state index contributed by atoms with van der Waals surface area (Å²) in [7, 11) is 1.63. The summed E-state index contributed by atoms with van der Waals surface area (Å²) in [5.41, 5.74) is 6.99. The van der Waals surface area contributed by atoms with Crippen LogP contribution >= 0.6 is 0 Å². The van der Waals surface area contributed by atoms with Crippen LogP contribution in [-0.2, 0) is 35.0 Å². The number of ether oxygens (including phenoxy) is 4. The van der Waals surface area contributed by atoms with Crippen molar-refractivity contribution in [2.45, 2.75) is 65.5 Å². The third-order valence-corrected chi connectivity index (χ3v) is 6.36. The van der Waals surface area contributed by atoms with Crippen LogP contribution < -0.4 is 10.6 Å². The van der Waals surface area contributed by atoms with E-state index in [-0.39, 0.29) is 34.1 Å². The van der Waals surface area contributed by atoms with Crippen molar-refractivity contribution in [3.8, 4) is 0 Å². The van der Waals surface area contributed by atoms with Crippen LogP contribution in [0.15, 0.2) is 66.3 Å². The van der Waals surface area contributed by atoms with Gasteiger partial charge in [0.05, 0.1) is 44.6 Å². The van der Waals surface area contributed by atoms with Crippen molar-refractivity contribution in [1.82, 2.24) is 10.6 Å². The Morgan fingerprint density at radius 2 is 1.63 bits per heavy atom. The van der Waals surface area contributed by atoms with E-state index in [1.165, 1.54) is 0 Å². The minimum atomic E-state index is -0.572. The molecule has 232 valence electrons. The smallest absolute Gasteiger partial charge is 0.257 e. The first kappa shape index (κ1) is 35.9. The van der Waals surface area contributed by atoms with Gasteiger partial charge >= 0.3 is 0 Å². The molecule has 1 aromatic rings. The zero-order valence-electron chi connectivity index (χ0n) is 24.3. The summed E-state index contributed by atoms with van der Waals surface area (Å²) in [6.07, 6.45) is 3.35. The number of nitrogens with one attached hydrogen (secondary N) is 2. The molecule has 8 nitrogen and oxygen atoms in total. The summed E-state index contributed by atoms with van der Waals surface area (Å²) in [6, 6.07) is 9.38. The van der Waals surface area contributed by atoms with E-state index in [1.807, 2.05) is 30.3 Å². The molecular formula is C33H54N2O6. The van der Waals surface area contributed by atoms with Gasteiger partial charge < -0.3 is 29.6 Å². The maximum atomic E-state index is 13.7. The largest absolute Gasteiger partial charge is 0.487 e. The lowest BCUT2D eigenvalue weighted by molar-refractivity contribution is -0.126. The molecule has 1 fully saturated rings. The SMILES string of the molecule is C.C=C=C(C[C@@H](CC(C)C)C(=O)N[C@@H](Cc1ccccc1)C(=C=C)C(=O)NC1CC1)OCCOCCOCCOC.[HH].[HH]. The maximum Gasteiger partial charge on any atom is 0.257 e. The number of benzene rings is 1. The fourth-order valence-corrected chi connectivity index (χ4v) is 4.16. The molecule has 2 atom stereocenters. The first-order chi connectivity index (χ1) is 19.4. The van der Waals surface area contributed by atoms with Crippen LogP contribution in [0.25, 0.3) is 0 Å². The van der Waals surface area contributed by atoms with Gasteiger partial charge in [-0.05, 0) is 37.2 Å². The van der Waals surface area contributed by atoms with E-state index in [0.717, 1.165) is 18.4 Å². The Labute approximate surface area is 249 Å². The molecule has 0 heterocycles. The van der Waals surface area contributed by atoms with Gasteiger partial charge in [-0.25, -0.2) is 0 Å². The van der Waals surface area contributed by atoms with Gasteiger partial charge in [0.1, 0.15) is 12.4 Å². The van der Waals surface area contributed by atoms with Crippen molar-refractivity contribution >= 4 is 11.8 Å². The summed E-state index contributed by atoms with van der Waals surface area (Å²) in [4.78, 5) is 26.7. The van der Waals surface area contributed by atoms with E-state index >= 15 is 0 Å². The van der Waals surface area contributed by atoms with E-state index in [9.17, 15) is 9.59 Å². The molecule has 2 N–H and O–H groups in total. The molecule has 1 aliphatic carbocycles. The third kappa shape index (κ3) is 14.9. The van der Waals surface area contributed by atoms with Gasteiger partial charge in [-0.1, -0.05) is 70.5 Å². The Balaban J connectivity index is 0. The monoisotopic (exact) mass is 574 g/mol. The summed E-state index contributed by atoms with van der Waals surface area (Å²) in [6.45, 7) is 14.4. The number of carbonyl (C=O) groups excluding carboxylic acids is 2. The normalized spacial score (nSPS) is 13.7. The van der Waals surface area contributed by atoms with E-state index in [1.54, 1.807) is 7.11 Å². The highest BCUT2D eigenvalue weighted by Crippen LogP contribution is 2.23. The highest BCUT2D eigenvalue weighted by atomic mass is 16.6. The van der Waals surface area contributed by atoms with Crippen LogP contribution in [0.5, 0.6) is 0 Å². The van der Waals surface area contributed by atoms with Crippen molar-refractivity contribution in [2.24, 2.45) is 11.8 Å². The summed E-state index contributed by atoms with van der Waals surface area (Å²) >= 11 is 0. The van der Waals surface area contributed by atoms with E-state index in [4.69, 9.17) is 18.9 Å². The van der Waals surface area contributed by atoms with E-state index in [0.29, 0.717) is 70.2 Å². The molecule has 0 unspecified atom stereocenters. The summed E-state index contributed by atoms with van der Waals surface area (Å²) < 4.78 is 21.7. The molecule has 0 saturated heterocycles. The first-order valence-corrected chi connectivity index (χ1v) is 14.1. The van der Waals surface area contributed by atoms with Crippen LogP contribution in [0.3, 0.4) is 0 Å². The molecule has 0 aromatic heterocycles. The van der Waals surface area contributed by atoms with Crippen LogP contribution in [0.4, 0.5) is 0 Å². The number of allylic oxidation sites excluding steroid dienone is 1. The van der Waals surface area contributed by atoms with Crippen molar-refractivity contribution < 1.29 is 31.4 Å². The third-order valence-electron chi connectivity index (χ3n) is 6.36. The van der Waals surface area contributed by atoms with Crippen molar-refractivity contribution in [3.05, 3.63) is 71.8 Å². The average Bonchev–Trinajstić information content (AvgIpc) is 3.75. The number of hydrogen-bond acceptors (Lipinski definition) is 6. The van der Waals surface area contributed by atoms with Crippen molar-refractivity contribution in [1.29, 1.82) is 0 Å². The molecule has 0 bridgehead atoms. The Morgan fingerprint density at radius 1 is 1.00 bits per heavy atom. The highest BCUT2D eigenvalue weighted by molar-refractivity contribution is 5.95. The van der Waals surface area contributed by atoms with Gasteiger partial charge in [-0.15, -0.1) is 5.73 Å². The standard InChI is InChI=1S/C32H46N2O6.CH4.2H2/c1-6-28(40-20-19-39-18-17-38-16-15-37-5)23-26(21-24(3)4)31(35)34-30(22-25-11-9-8-10-12-25)29(7-2)32(36)33-27-13-14-27;;;/h8-12,24,26-27,30H,1-2,13-23H2,3-5H3,(H,33,36)(H,34,35);1H4;2*1H/t26-,30+;;;/m1.../s1.